The molecule has 3 N–H and O–H groups in total. The molecule has 0 rings (SSSR count). The Labute approximate surface area is 311 Å². The van der Waals surface area contributed by atoms with Gasteiger partial charge >= 0.3 is 7.60 Å². The summed E-state index contributed by atoms with van der Waals surface area (Å²) in [5, 5.41) is 2.86. The van der Waals surface area contributed by atoms with Gasteiger partial charge in [0.25, 0.3) is 0 Å². The molecule has 0 aromatic carbocycles. The summed E-state index contributed by atoms with van der Waals surface area (Å²) in [4.78, 5) is 29.4. The molecule has 1 amide bonds. The van der Waals surface area contributed by atoms with E-state index in [9.17, 15) is 9.36 Å². The Morgan fingerprint density at radius 1 is 0.500 bits per heavy atom. The van der Waals surface area contributed by atoms with Crippen molar-refractivity contribution in [3.05, 3.63) is 0 Å². The summed E-state index contributed by atoms with van der Waals surface area (Å²) in [7, 11) is -4.00. The van der Waals surface area contributed by atoms with Crippen molar-refractivity contribution >= 4 is 25.3 Å². The van der Waals surface area contributed by atoms with Crippen molar-refractivity contribution in [2.75, 3.05) is 90.3 Å². The van der Waals surface area contributed by atoms with Gasteiger partial charge in [-0.15, -0.1) is 0 Å². The molecular formula is C38H78NO9PS. The van der Waals surface area contributed by atoms with E-state index in [1.807, 2.05) is 0 Å². The van der Waals surface area contributed by atoms with E-state index in [0.717, 1.165) is 50.8 Å². The van der Waals surface area contributed by atoms with E-state index in [0.29, 0.717) is 39.4 Å². The maximum Gasteiger partial charge on any atom is 0.327 e. The molecule has 0 aliphatic rings. The van der Waals surface area contributed by atoms with Gasteiger partial charge in [0.2, 0.25) is 5.91 Å². The SMILES string of the molecule is CCCCCCCCCCCCOCCCCCCCCCCCCOCCCSCCC(=O)NCCOCCOCCOCCP(=O)(O)O. The van der Waals surface area contributed by atoms with E-state index in [1.54, 1.807) is 11.8 Å². The molecule has 0 saturated carbocycles. The van der Waals surface area contributed by atoms with Gasteiger partial charge in [0.15, 0.2) is 0 Å². The number of unbranched alkanes of at least 4 members (excludes halogenated alkanes) is 18. The zero-order valence-electron chi connectivity index (χ0n) is 32.1. The lowest BCUT2D eigenvalue weighted by Gasteiger charge is -2.08. The molecule has 0 aliphatic heterocycles. The van der Waals surface area contributed by atoms with Crippen LogP contribution in [-0.2, 0) is 33.0 Å². The number of thioether (sulfide) groups is 1. The highest BCUT2D eigenvalue weighted by atomic mass is 32.2. The van der Waals surface area contributed by atoms with Crippen LogP contribution in [0.2, 0.25) is 0 Å². The molecule has 0 aromatic heterocycles. The average Bonchev–Trinajstić information content (AvgIpc) is 3.09. The summed E-state index contributed by atoms with van der Waals surface area (Å²) in [5.41, 5.74) is 0. The molecule has 0 bridgehead atoms. The molecule has 50 heavy (non-hydrogen) atoms. The molecule has 0 spiro atoms. The highest BCUT2D eigenvalue weighted by Gasteiger charge is 2.11. The maximum absolute atomic E-state index is 11.9. The fourth-order valence-electron chi connectivity index (χ4n) is 5.32. The smallest absolute Gasteiger partial charge is 0.327 e. The van der Waals surface area contributed by atoms with Gasteiger partial charge in [-0.2, -0.15) is 11.8 Å². The van der Waals surface area contributed by atoms with Crippen molar-refractivity contribution < 1.29 is 42.8 Å². The second-order valence-corrected chi connectivity index (χ2v) is 16.2. The number of carbonyl (C=O) groups excluding carboxylic acids is 1. The zero-order chi connectivity index (χ0) is 36.5. The first-order valence-corrected chi connectivity index (χ1v) is 23.2. The fourth-order valence-corrected chi connectivity index (χ4v) is 6.55. The molecule has 0 atom stereocenters. The molecule has 0 fully saturated rings. The van der Waals surface area contributed by atoms with Crippen LogP contribution < -0.4 is 5.32 Å². The van der Waals surface area contributed by atoms with Crippen LogP contribution in [0.5, 0.6) is 0 Å². The lowest BCUT2D eigenvalue weighted by atomic mass is 10.1. The first-order chi connectivity index (χ1) is 24.5. The summed E-state index contributed by atoms with van der Waals surface area (Å²) in [6.07, 6.45) is 28.1. The topological polar surface area (TPSA) is 133 Å². The monoisotopic (exact) mass is 756 g/mol. The van der Waals surface area contributed by atoms with E-state index in [-0.39, 0.29) is 25.3 Å². The van der Waals surface area contributed by atoms with E-state index in [2.05, 4.69) is 12.2 Å². The van der Waals surface area contributed by atoms with Crippen molar-refractivity contribution in [3.8, 4) is 0 Å². The van der Waals surface area contributed by atoms with Crippen molar-refractivity contribution in [2.24, 2.45) is 0 Å². The molecule has 0 unspecified atom stereocenters. The van der Waals surface area contributed by atoms with Crippen LogP contribution in [-0.4, -0.2) is 106 Å². The Hall–Kier alpha value is -0.230. The molecule has 300 valence electrons. The first kappa shape index (κ1) is 49.8. The van der Waals surface area contributed by atoms with Gasteiger partial charge in [-0.3, -0.25) is 9.36 Å². The second kappa shape index (κ2) is 41.5. The minimum absolute atomic E-state index is 0.00846. The summed E-state index contributed by atoms with van der Waals surface area (Å²) in [6.45, 7) is 8.17. The van der Waals surface area contributed by atoms with Gasteiger partial charge < -0.3 is 38.8 Å². The molecular weight excluding hydrogens is 677 g/mol. The average molecular weight is 756 g/mol. The third-order valence-electron chi connectivity index (χ3n) is 8.36. The molecule has 10 nitrogen and oxygen atoms in total. The van der Waals surface area contributed by atoms with E-state index >= 15 is 0 Å². The lowest BCUT2D eigenvalue weighted by Crippen LogP contribution is -2.27. The van der Waals surface area contributed by atoms with Crippen LogP contribution >= 0.6 is 19.4 Å². The van der Waals surface area contributed by atoms with Crippen LogP contribution in [0, 0.1) is 0 Å². The second-order valence-electron chi connectivity index (χ2n) is 13.2. The number of hydrogen-bond acceptors (Lipinski definition) is 8. The van der Waals surface area contributed by atoms with Gasteiger partial charge in [0, 0.05) is 45.1 Å². The van der Waals surface area contributed by atoms with E-state index < -0.39 is 7.60 Å². The Bertz CT molecular complexity index is 732. The van der Waals surface area contributed by atoms with Gasteiger partial charge in [-0.25, -0.2) is 0 Å². The van der Waals surface area contributed by atoms with Gasteiger partial charge in [-0.1, -0.05) is 116 Å². The molecule has 0 heterocycles. The van der Waals surface area contributed by atoms with E-state index in [1.165, 1.54) is 122 Å². The molecule has 0 saturated heterocycles. The van der Waals surface area contributed by atoms with E-state index in [4.69, 9.17) is 33.5 Å². The third-order valence-corrected chi connectivity index (χ3v) is 10.2. The molecule has 0 aliphatic carbocycles. The Morgan fingerprint density at radius 2 is 0.880 bits per heavy atom. The minimum atomic E-state index is -4.00. The van der Waals surface area contributed by atoms with Gasteiger partial charge in [0.05, 0.1) is 45.8 Å². The summed E-state index contributed by atoms with van der Waals surface area (Å²) in [5.74, 6) is 1.86. The largest absolute Gasteiger partial charge is 0.381 e. The highest BCUT2D eigenvalue weighted by Crippen LogP contribution is 2.33. The number of nitrogens with one attached hydrogen (secondary N) is 1. The predicted molar refractivity (Wildman–Crippen MR) is 209 cm³/mol. The van der Waals surface area contributed by atoms with Crippen LogP contribution in [0.3, 0.4) is 0 Å². The van der Waals surface area contributed by atoms with Crippen molar-refractivity contribution in [3.63, 3.8) is 0 Å². The number of rotatable bonds is 43. The lowest BCUT2D eigenvalue weighted by molar-refractivity contribution is -0.120. The summed E-state index contributed by atoms with van der Waals surface area (Å²) in [6, 6.07) is 0. The number of carbonyl (C=O) groups is 1. The van der Waals surface area contributed by atoms with Crippen molar-refractivity contribution in [1.82, 2.24) is 5.32 Å². The van der Waals surface area contributed by atoms with Crippen LogP contribution in [0.15, 0.2) is 0 Å². The number of hydrogen-bond donors (Lipinski definition) is 3. The van der Waals surface area contributed by atoms with Crippen molar-refractivity contribution in [2.45, 2.75) is 148 Å². The molecule has 0 radical (unpaired) electrons. The predicted octanol–water partition coefficient (Wildman–Crippen LogP) is 8.70. The van der Waals surface area contributed by atoms with Crippen LogP contribution in [0.1, 0.15) is 148 Å². The third kappa shape index (κ3) is 45.8. The number of amides is 1. The zero-order valence-corrected chi connectivity index (χ0v) is 33.8. The standard InChI is InChI=1S/C38H78NO9PS/c1-2-3-4-5-6-7-10-13-16-19-25-44-26-20-17-14-11-8-9-12-15-18-21-27-45-28-22-36-50-37-23-38(40)39-24-29-46-30-31-47-32-33-48-34-35-49(41,42)43/h2-37H2,1H3,(H,39,40)(H2,41,42,43). The highest BCUT2D eigenvalue weighted by molar-refractivity contribution is 7.99. The number of ether oxygens (including phenoxy) is 5. The Balaban J connectivity index is 3.14. The minimum Gasteiger partial charge on any atom is -0.381 e. The Kier molecular flexibility index (Phi) is 41.3. The summed E-state index contributed by atoms with van der Waals surface area (Å²) >= 11 is 1.79. The van der Waals surface area contributed by atoms with Crippen molar-refractivity contribution in [1.29, 1.82) is 0 Å². The molecule has 0 aromatic rings. The van der Waals surface area contributed by atoms with Crippen LogP contribution in [0.4, 0.5) is 0 Å². The molecule has 12 heteroatoms. The fraction of sp³-hybridized carbons (Fsp3) is 0.974. The quantitative estimate of drug-likeness (QED) is 0.0410. The Morgan fingerprint density at radius 3 is 1.34 bits per heavy atom. The normalized spacial score (nSPS) is 11.8. The van der Waals surface area contributed by atoms with Gasteiger partial charge in [-0.05, 0) is 31.4 Å². The maximum atomic E-state index is 11.9. The first-order valence-electron chi connectivity index (χ1n) is 20.2. The van der Waals surface area contributed by atoms with Gasteiger partial charge in [0.1, 0.15) is 0 Å². The van der Waals surface area contributed by atoms with Crippen LogP contribution in [0.25, 0.3) is 0 Å². The summed E-state index contributed by atoms with van der Waals surface area (Å²) < 4.78 is 38.1.